The van der Waals surface area contributed by atoms with Crippen molar-refractivity contribution in [3.63, 3.8) is 0 Å². The van der Waals surface area contributed by atoms with E-state index < -0.39 is 0 Å². The lowest BCUT2D eigenvalue weighted by Gasteiger charge is -1.89. The third kappa shape index (κ3) is 1.26. The molecule has 0 aliphatic rings. The second-order valence-corrected chi connectivity index (χ2v) is 2.11. The van der Waals surface area contributed by atoms with Crippen LogP contribution >= 0.6 is 0 Å². The standard InChI is InChI=1S/C6H10N2O2/c1-3-4-8-6(9)10-5(2)7-8/h3-4H2,1-2H3. The molecule has 0 saturated heterocycles. The maximum absolute atomic E-state index is 10.8. The quantitative estimate of drug-likeness (QED) is 0.606. The molecule has 0 fully saturated rings. The first-order valence-electron chi connectivity index (χ1n) is 3.28. The molecule has 1 aromatic heterocycles. The molecule has 0 radical (unpaired) electrons. The molecule has 0 aromatic carbocycles. The fourth-order valence-corrected chi connectivity index (χ4v) is 0.763. The van der Waals surface area contributed by atoms with Crippen LogP contribution in [0.3, 0.4) is 0 Å². The average Bonchev–Trinajstić information content (AvgIpc) is 2.13. The first-order chi connectivity index (χ1) is 4.74. The first kappa shape index (κ1) is 7.05. The molecule has 0 N–H and O–H groups in total. The Morgan fingerprint density at radius 3 is 2.80 bits per heavy atom. The van der Waals surface area contributed by atoms with Crippen molar-refractivity contribution in [1.82, 2.24) is 9.78 Å². The molecule has 4 nitrogen and oxygen atoms in total. The summed E-state index contributed by atoms with van der Waals surface area (Å²) in [6.07, 6.45) is 0.895. The second kappa shape index (κ2) is 2.68. The molecule has 1 aromatic rings. The van der Waals surface area contributed by atoms with Gasteiger partial charge in [-0.15, -0.1) is 5.10 Å². The van der Waals surface area contributed by atoms with Gasteiger partial charge in [0.05, 0.1) is 0 Å². The zero-order valence-corrected chi connectivity index (χ0v) is 6.13. The third-order valence-electron chi connectivity index (χ3n) is 1.14. The zero-order valence-electron chi connectivity index (χ0n) is 6.13. The van der Waals surface area contributed by atoms with E-state index in [1.54, 1.807) is 6.92 Å². The molecule has 0 unspecified atom stereocenters. The van der Waals surface area contributed by atoms with Gasteiger partial charge in [-0.1, -0.05) is 6.92 Å². The largest absolute Gasteiger partial charge is 0.437 e. The summed E-state index contributed by atoms with van der Waals surface area (Å²) >= 11 is 0. The fraction of sp³-hybridized carbons (Fsp3) is 0.667. The summed E-state index contributed by atoms with van der Waals surface area (Å²) in [6.45, 7) is 4.28. The van der Waals surface area contributed by atoms with E-state index >= 15 is 0 Å². The van der Waals surface area contributed by atoms with Crippen LogP contribution in [0.5, 0.6) is 0 Å². The molecule has 4 heteroatoms. The van der Waals surface area contributed by atoms with Crippen LogP contribution in [0.1, 0.15) is 19.2 Å². The summed E-state index contributed by atoms with van der Waals surface area (Å²) in [5, 5.41) is 3.84. The molecule has 0 aliphatic carbocycles. The molecular weight excluding hydrogens is 132 g/mol. The SMILES string of the molecule is CCCn1nc(C)oc1=O. The molecule has 0 aliphatic heterocycles. The number of aryl methyl sites for hydroxylation is 2. The Morgan fingerprint density at radius 1 is 1.70 bits per heavy atom. The van der Waals surface area contributed by atoms with Crippen molar-refractivity contribution in [3.8, 4) is 0 Å². The van der Waals surface area contributed by atoms with E-state index in [9.17, 15) is 4.79 Å². The zero-order chi connectivity index (χ0) is 7.56. The van der Waals surface area contributed by atoms with E-state index in [0.717, 1.165) is 6.42 Å². The van der Waals surface area contributed by atoms with Crippen LogP contribution in [0.4, 0.5) is 0 Å². The van der Waals surface area contributed by atoms with E-state index in [0.29, 0.717) is 12.4 Å². The summed E-state index contributed by atoms with van der Waals surface area (Å²) in [7, 11) is 0. The topological polar surface area (TPSA) is 48.0 Å². The predicted octanol–water partition coefficient (Wildman–Crippen LogP) is 0.555. The molecule has 0 saturated carbocycles. The van der Waals surface area contributed by atoms with Gasteiger partial charge in [0, 0.05) is 13.5 Å². The van der Waals surface area contributed by atoms with Crippen molar-refractivity contribution >= 4 is 0 Å². The Kier molecular flexibility index (Phi) is 1.89. The third-order valence-corrected chi connectivity index (χ3v) is 1.14. The van der Waals surface area contributed by atoms with Crippen LogP contribution in [0, 0.1) is 6.92 Å². The summed E-state index contributed by atoms with van der Waals surface area (Å²) in [4.78, 5) is 10.8. The highest BCUT2D eigenvalue weighted by atomic mass is 16.4. The normalized spacial score (nSPS) is 10.2. The minimum atomic E-state index is -0.362. The molecule has 1 rings (SSSR count). The molecule has 0 spiro atoms. The van der Waals surface area contributed by atoms with E-state index in [1.807, 2.05) is 6.92 Å². The van der Waals surface area contributed by atoms with Crippen LogP contribution in [-0.4, -0.2) is 9.78 Å². The van der Waals surface area contributed by atoms with Gasteiger partial charge >= 0.3 is 5.76 Å². The van der Waals surface area contributed by atoms with Crippen LogP contribution < -0.4 is 5.76 Å². The molecule has 0 atom stereocenters. The number of hydrogen-bond acceptors (Lipinski definition) is 3. The minimum Gasteiger partial charge on any atom is -0.393 e. The minimum absolute atomic E-state index is 0.362. The van der Waals surface area contributed by atoms with Crippen molar-refractivity contribution in [2.75, 3.05) is 0 Å². The van der Waals surface area contributed by atoms with Gasteiger partial charge in [-0.2, -0.15) is 4.68 Å². The van der Waals surface area contributed by atoms with Crippen molar-refractivity contribution < 1.29 is 4.42 Å². The smallest absolute Gasteiger partial charge is 0.393 e. The average molecular weight is 142 g/mol. The lowest BCUT2D eigenvalue weighted by atomic mass is 10.5. The van der Waals surface area contributed by atoms with Crippen LogP contribution in [0.2, 0.25) is 0 Å². The number of hydrogen-bond donors (Lipinski definition) is 0. The van der Waals surface area contributed by atoms with Crippen molar-refractivity contribution in [2.45, 2.75) is 26.8 Å². The fourth-order valence-electron chi connectivity index (χ4n) is 0.763. The highest BCUT2D eigenvalue weighted by Gasteiger charge is 2.00. The second-order valence-electron chi connectivity index (χ2n) is 2.11. The number of nitrogens with zero attached hydrogens (tertiary/aromatic N) is 2. The lowest BCUT2D eigenvalue weighted by molar-refractivity contribution is 0.457. The Labute approximate surface area is 58.5 Å². The monoisotopic (exact) mass is 142 g/mol. The van der Waals surface area contributed by atoms with Crippen molar-refractivity contribution in [1.29, 1.82) is 0 Å². The molecule has 56 valence electrons. The summed E-state index contributed by atoms with van der Waals surface area (Å²) in [5.41, 5.74) is 0. The van der Waals surface area contributed by atoms with Gasteiger partial charge in [0.2, 0.25) is 5.89 Å². The molecule has 10 heavy (non-hydrogen) atoms. The summed E-state index contributed by atoms with van der Waals surface area (Å²) in [6, 6.07) is 0. The Balaban J connectivity index is 2.92. The summed E-state index contributed by atoms with van der Waals surface area (Å²) < 4.78 is 5.99. The lowest BCUT2D eigenvalue weighted by Crippen LogP contribution is -2.15. The van der Waals surface area contributed by atoms with E-state index in [2.05, 4.69) is 9.52 Å². The van der Waals surface area contributed by atoms with Gasteiger partial charge in [0.1, 0.15) is 0 Å². The van der Waals surface area contributed by atoms with Crippen LogP contribution in [0.15, 0.2) is 9.21 Å². The Morgan fingerprint density at radius 2 is 2.40 bits per heavy atom. The van der Waals surface area contributed by atoms with Crippen molar-refractivity contribution in [3.05, 3.63) is 16.4 Å². The number of aromatic nitrogens is 2. The summed E-state index contributed by atoms with van der Waals surface area (Å²) in [5.74, 6) is 0.0674. The number of rotatable bonds is 2. The van der Waals surface area contributed by atoms with Gasteiger partial charge in [-0.25, -0.2) is 4.79 Å². The van der Waals surface area contributed by atoms with Gasteiger partial charge in [0.25, 0.3) is 0 Å². The Bertz CT molecular complexity index is 261. The van der Waals surface area contributed by atoms with Crippen LogP contribution in [0.25, 0.3) is 0 Å². The predicted molar refractivity (Wildman–Crippen MR) is 35.8 cm³/mol. The van der Waals surface area contributed by atoms with Gasteiger partial charge in [0.15, 0.2) is 0 Å². The van der Waals surface area contributed by atoms with Crippen LogP contribution in [-0.2, 0) is 6.54 Å². The van der Waals surface area contributed by atoms with E-state index in [-0.39, 0.29) is 5.76 Å². The van der Waals surface area contributed by atoms with Gasteiger partial charge in [-0.05, 0) is 6.42 Å². The van der Waals surface area contributed by atoms with Gasteiger partial charge in [-0.3, -0.25) is 0 Å². The highest BCUT2D eigenvalue weighted by molar-refractivity contribution is 4.66. The van der Waals surface area contributed by atoms with Crippen molar-refractivity contribution in [2.24, 2.45) is 0 Å². The van der Waals surface area contributed by atoms with E-state index in [1.165, 1.54) is 4.68 Å². The van der Waals surface area contributed by atoms with E-state index in [4.69, 9.17) is 0 Å². The molecular formula is C6H10N2O2. The van der Waals surface area contributed by atoms with Gasteiger partial charge < -0.3 is 4.42 Å². The molecule has 0 amide bonds. The molecule has 1 heterocycles. The first-order valence-corrected chi connectivity index (χ1v) is 3.28. The maximum Gasteiger partial charge on any atom is 0.437 e. The highest BCUT2D eigenvalue weighted by Crippen LogP contribution is 1.86. The molecule has 0 bridgehead atoms. The Hall–Kier alpha value is -1.06. The maximum atomic E-state index is 10.8.